The highest BCUT2D eigenvalue weighted by atomic mass is 16.5. The van der Waals surface area contributed by atoms with Crippen LogP contribution in [0.25, 0.3) is 0 Å². The van der Waals surface area contributed by atoms with Crippen molar-refractivity contribution in [3.63, 3.8) is 0 Å². The molecule has 1 saturated heterocycles. The van der Waals surface area contributed by atoms with Gasteiger partial charge in [-0.3, -0.25) is 19.2 Å². The fraction of sp³-hybridized carbons (Fsp3) is 0.750. The fourth-order valence-electron chi connectivity index (χ4n) is 4.65. The zero-order chi connectivity index (χ0) is 19.7. The third-order valence-electron chi connectivity index (χ3n) is 6.17. The summed E-state index contributed by atoms with van der Waals surface area (Å²) in [5, 5.41) is 10.2. The molecule has 8 heteroatoms. The van der Waals surface area contributed by atoms with Gasteiger partial charge in [0.15, 0.2) is 5.82 Å². The molecule has 3 aliphatic rings. The average Bonchev–Trinajstić information content (AvgIpc) is 3.24. The van der Waals surface area contributed by atoms with Gasteiger partial charge in [0.25, 0.3) is 0 Å². The highest BCUT2D eigenvalue weighted by molar-refractivity contribution is 5.91. The van der Waals surface area contributed by atoms with Gasteiger partial charge in [0.2, 0.25) is 11.8 Å². The molecule has 2 heterocycles. The van der Waals surface area contributed by atoms with Gasteiger partial charge in [-0.1, -0.05) is 0 Å². The van der Waals surface area contributed by atoms with E-state index in [1.54, 1.807) is 17.7 Å². The first kappa shape index (κ1) is 19.4. The van der Waals surface area contributed by atoms with Crippen molar-refractivity contribution in [2.45, 2.75) is 44.8 Å². The van der Waals surface area contributed by atoms with E-state index in [1.807, 2.05) is 13.2 Å². The van der Waals surface area contributed by atoms with Gasteiger partial charge in [0.05, 0.1) is 18.7 Å². The molecular formula is C20H31N5O3. The lowest BCUT2D eigenvalue weighted by Gasteiger charge is -2.38. The summed E-state index contributed by atoms with van der Waals surface area (Å²) in [4.78, 5) is 26.2. The molecule has 0 bridgehead atoms. The molecule has 0 spiro atoms. The second kappa shape index (κ2) is 8.21. The number of carbonyl (C=O) groups excluding carboxylic acids is 2. The van der Waals surface area contributed by atoms with E-state index in [0.29, 0.717) is 30.1 Å². The number of ether oxygens (including phenoxy) is 1. The van der Waals surface area contributed by atoms with Crippen LogP contribution >= 0.6 is 0 Å². The molecular weight excluding hydrogens is 358 g/mol. The molecule has 3 fully saturated rings. The molecule has 2 N–H and O–H groups in total. The molecule has 0 unspecified atom stereocenters. The van der Waals surface area contributed by atoms with E-state index in [2.05, 4.69) is 20.6 Å². The number of anilines is 1. The maximum Gasteiger partial charge on any atom is 0.239 e. The summed E-state index contributed by atoms with van der Waals surface area (Å²) >= 11 is 0. The summed E-state index contributed by atoms with van der Waals surface area (Å²) in [6.07, 6.45) is 6.32. The summed E-state index contributed by atoms with van der Waals surface area (Å²) < 4.78 is 7.87. The molecule has 0 aromatic carbocycles. The molecule has 28 heavy (non-hydrogen) atoms. The molecule has 2 aliphatic carbocycles. The Morgan fingerprint density at radius 3 is 2.64 bits per heavy atom. The molecule has 8 nitrogen and oxygen atoms in total. The first-order valence-corrected chi connectivity index (χ1v) is 10.4. The predicted molar refractivity (Wildman–Crippen MR) is 105 cm³/mol. The smallest absolute Gasteiger partial charge is 0.239 e. The van der Waals surface area contributed by atoms with Gasteiger partial charge in [-0.15, -0.1) is 0 Å². The van der Waals surface area contributed by atoms with Crippen LogP contribution in [0.2, 0.25) is 0 Å². The first-order chi connectivity index (χ1) is 13.5. The van der Waals surface area contributed by atoms with Crippen LogP contribution in [0, 0.1) is 17.8 Å². The number of likely N-dealkylation sites (tertiary alicyclic amines) is 1. The van der Waals surface area contributed by atoms with Crippen LogP contribution < -0.4 is 10.6 Å². The van der Waals surface area contributed by atoms with E-state index in [1.165, 1.54) is 12.8 Å². The average molecular weight is 390 g/mol. The zero-order valence-electron chi connectivity index (χ0n) is 16.8. The van der Waals surface area contributed by atoms with E-state index in [0.717, 1.165) is 32.5 Å². The van der Waals surface area contributed by atoms with Crippen molar-refractivity contribution >= 4 is 17.6 Å². The number of nitrogens with one attached hydrogen (secondary N) is 2. The quantitative estimate of drug-likeness (QED) is 0.726. The summed E-state index contributed by atoms with van der Waals surface area (Å²) in [5.41, 5.74) is 0. The third-order valence-corrected chi connectivity index (χ3v) is 6.17. The lowest BCUT2D eigenvalue weighted by atomic mass is 9.77. The van der Waals surface area contributed by atoms with Gasteiger partial charge in [0.1, 0.15) is 0 Å². The van der Waals surface area contributed by atoms with Crippen molar-refractivity contribution in [1.29, 1.82) is 0 Å². The molecule has 1 aromatic heterocycles. The predicted octanol–water partition coefficient (Wildman–Crippen LogP) is 1.00. The van der Waals surface area contributed by atoms with Gasteiger partial charge in [0, 0.05) is 45.9 Å². The summed E-state index contributed by atoms with van der Waals surface area (Å²) in [6.45, 7) is 4.57. The zero-order valence-corrected chi connectivity index (χ0v) is 16.8. The van der Waals surface area contributed by atoms with Gasteiger partial charge in [-0.25, -0.2) is 0 Å². The van der Waals surface area contributed by atoms with Crippen LogP contribution in [-0.4, -0.2) is 64.9 Å². The van der Waals surface area contributed by atoms with Crippen molar-refractivity contribution in [2.75, 3.05) is 31.6 Å². The molecule has 154 valence electrons. The number of hydrogen-bond donors (Lipinski definition) is 2. The number of aryl methyl sites for hydroxylation is 1. The Morgan fingerprint density at radius 1 is 1.25 bits per heavy atom. The first-order valence-electron chi connectivity index (χ1n) is 10.4. The van der Waals surface area contributed by atoms with Gasteiger partial charge >= 0.3 is 0 Å². The van der Waals surface area contributed by atoms with E-state index in [-0.39, 0.29) is 24.0 Å². The number of fused-ring (bicyclic) bond motifs is 1. The Hall–Kier alpha value is -1.93. The lowest BCUT2D eigenvalue weighted by molar-refractivity contribution is -0.122. The molecule has 2 saturated carbocycles. The Kier molecular flexibility index (Phi) is 5.68. The summed E-state index contributed by atoms with van der Waals surface area (Å²) in [7, 11) is 1.83. The van der Waals surface area contributed by atoms with Crippen LogP contribution in [-0.2, 0) is 21.4 Å². The number of carbonyl (C=O) groups is 2. The molecule has 1 aromatic rings. The van der Waals surface area contributed by atoms with E-state index in [4.69, 9.17) is 4.74 Å². The Bertz CT molecular complexity index is 716. The molecule has 4 rings (SSSR count). The Morgan fingerprint density at radius 2 is 2.00 bits per heavy atom. The minimum Gasteiger partial charge on any atom is -0.376 e. The number of amides is 2. The van der Waals surface area contributed by atoms with E-state index < -0.39 is 0 Å². The fourth-order valence-corrected chi connectivity index (χ4v) is 4.65. The van der Waals surface area contributed by atoms with Crippen molar-refractivity contribution in [1.82, 2.24) is 20.0 Å². The van der Waals surface area contributed by atoms with E-state index in [9.17, 15) is 9.59 Å². The van der Waals surface area contributed by atoms with Crippen LogP contribution in [0.3, 0.4) is 0 Å². The maximum atomic E-state index is 12.4. The number of hydrogen-bond acceptors (Lipinski definition) is 5. The Labute approximate surface area is 166 Å². The van der Waals surface area contributed by atoms with Crippen LogP contribution in [0.5, 0.6) is 0 Å². The standard InChI is InChI=1S/C20H31N5O3/c1-13(26)21-17-7-15-9-25(11-20(27)22-19-5-6-24(2)23-19)10-16(15)8-18(17)28-12-14-3-4-14/h5-6,14-18H,3-4,7-12H2,1-2H3,(H,21,26)(H,22,23,27)/t15-,16+,17-,18-/m1/s1. The van der Waals surface area contributed by atoms with E-state index >= 15 is 0 Å². The highest BCUT2D eigenvalue weighted by Crippen LogP contribution is 2.38. The topological polar surface area (TPSA) is 88.5 Å². The van der Waals surface area contributed by atoms with Crippen LogP contribution in [0.1, 0.15) is 32.6 Å². The molecule has 0 radical (unpaired) electrons. The molecule has 2 amide bonds. The minimum atomic E-state index is -0.0303. The van der Waals surface area contributed by atoms with Crippen molar-refractivity contribution < 1.29 is 14.3 Å². The van der Waals surface area contributed by atoms with Crippen molar-refractivity contribution in [3.05, 3.63) is 12.3 Å². The van der Waals surface area contributed by atoms with Crippen LogP contribution in [0.4, 0.5) is 5.82 Å². The normalized spacial score (nSPS) is 30.1. The second-order valence-corrected chi connectivity index (χ2v) is 8.73. The van der Waals surface area contributed by atoms with Gasteiger partial charge in [-0.2, -0.15) is 5.10 Å². The van der Waals surface area contributed by atoms with Crippen molar-refractivity contribution in [2.24, 2.45) is 24.8 Å². The largest absolute Gasteiger partial charge is 0.376 e. The van der Waals surface area contributed by atoms with Crippen LogP contribution in [0.15, 0.2) is 12.3 Å². The van der Waals surface area contributed by atoms with Gasteiger partial charge < -0.3 is 15.4 Å². The minimum absolute atomic E-state index is 0.00747. The number of nitrogens with zero attached hydrogens (tertiary/aromatic N) is 3. The lowest BCUT2D eigenvalue weighted by Crippen LogP contribution is -2.50. The molecule has 1 aliphatic heterocycles. The third kappa shape index (κ3) is 4.91. The maximum absolute atomic E-state index is 12.4. The second-order valence-electron chi connectivity index (χ2n) is 8.73. The monoisotopic (exact) mass is 389 g/mol. The summed E-state index contributed by atoms with van der Waals surface area (Å²) in [6, 6.07) is 1.88. The van der Waals surface area contributed by atoms with Crippen molar-refractivity contribution in [3.8, 4) is 0 Å². The summed E-state index contributed by atoms with van der Waals surface area (Å²) in [5.74, 6) is 2.30. The Balaban J connectivity index is 1.31. The number of rotatable bonds is 7. The highest BCUT2D eigenvalue weighted by Gasteiger charge is 2.43. The number of aromatic nitrogens is 2. The van der Waals surface area contributed by atoms with Gasteiger partial charge in [-0.05, 0) is 43.4 Å². The molecule has 4 atom stereocenters. The SMILES string of the molecule is CC(=O)N[C@@H]1C[C@@H]2CN(CC(=O)Nc3ccn(C)n3)C[C@@H]2C[C@H]1OCC1CC1.